The Kier molecular flexibility index (Phi) is 5.25. The highest BCUT2D eigenvalue weighted by Crippen LogP contribution is 2.32. The highest BCUT2D eigenvalue weighted by atomic mass is 35.5. The molecule has 0 bridgehead atoms. The summed E-state index contributed by atoms with van der Waals surface area (Å²) in [5.74, 6) is 1.88. The van der Waals surface area contributed by atoms with Gasteiger partial charge < -0.3 is 9.84 Å². The maximum Gasteiger partial charge on any atom is 0.237 e. The molecule has 1 aliphatic heterocycles. The number of likely N-dealkylation sites (N-methyl/N-ethyl adjacent to an activating group) is 1. The Labute approximate surface area is 143 Å². The van der Waals surface area contributed by atoms with E-state index in [0.29, 0.717) is 21.7 Å². The van der Waals surface area contributed by atoms with Gasteiger partial charge >= 0.3 is 0 Å². The summed E-state index contributed by atoms with van der Waals surface area (Å²) in [6.07, 6.45) is 0. The number of aromatic nitrogens is 2. The summed E-state index contributed by atoms with van der Waals surface area (Å²) >= 11 is 13.7. The molecule has 0 saturated carbocycles. The molecule has 1 N–H and O–H groups in total. The third kappa shape index (κ3) is 3.75. The van der Waals surface area contributed by atoms with Gasteiger partial charge in [0.2, 0.25) is 5.89 Å². The minimum Gasteiger partial charge on any atom is -0.338 e. The SMILES string of the molecule is CN1CCNCC1c1noc(CSc2cc(Cl)ccc2Cl)n1. The maximum atomic E-state index is 6.15. The first-order chi connectivity index (χ1) is 10.6. The van der Waals surface area contributed by atoms with E-state index < -0.39 is 0 Å². The summed E-state index contributed by atoms with van der Waals surface area (Å²) in [6.45, 7) is 2.80. The fraction of sp³-hybridized carbons (Fsp3) is 0.429. The first-order valence-corrected chi connectivity index (χ1v) is 8.69. The highest BCUT2D eigenvalue weighted by Gasteiger charge is 2.25. The molecule has 1 fully saturated rings. The normalized spacial score (nSPS) is 19.5. The van der Waals surface area contributed by atoms with Crippen LogP contribution in [0.25, 0.3) is 0 Å². The van der Waals surface area contributed by atoms with Crippen LogP contribution in [0.1, 0.15) is 17.8 Å². The van der Waals surface area contributed by atoms with Crippen LogP contribution in [0.5, 0.6) is 0 Å². The van der Waals surface area contributed by atoms with Crippen LogP contribution >= 0.6 is 35.0 Å². The molecule has 8 heteroatoms. The summed E-state index contributed by atoms with van der Waals surface area (Å²) in [5.41, 5.74) is 0. The van der Waals surface area contributed by atoms with Gasteiger partial charge in [0.25, 0.3) is 0 Å². The molecule has 1 atom stereocenters. The van der Waals surface area contributed by atoms with E-state index in [-0.39, 0.29) is 6.04 Å². The number of nitrogens with zero attached hydrogens (tertiary/aromatic N) is 3. The maximum absolute atomic E-state index is 6.15. The summed E-state index contributed by atoms with van der Waals surface area (Å²) < 4.78 is 5.35. The van der Waals surface area contributed by atoms with Crippen LogP contribution in [0.15, 0.2) is 27.6 Å². The number of piperazine rings is 1. The monoisotopic (exact) mass is 358 g/mol. The lowest BCUT2D eigenvalue weighted by atomic mass is 10.2. The lowest BCUT2D eigenvalue weighted by molar-refractivity contribution is 0.190. The van der Waals surface area contributed by atoms with Gasteiger partial charge in [-0.2, -0.15) is 4.98 Å². The molecule has 5 nitrogen and oxygen atoms in total. The van der Waals surface area contributed by atoms with Crippen molar-refractivity contribution in [2.75, 3.05) is 26.7 Å². The average Bonchev–Trinajstić information content (AvgIpc) is 2.97. The first-order valence-electron chi connectivity index (χ1n) is 6.95. The molecule has 1 aliphatic rings. The van der Waals surface area contributed by atoms with Gasteiger partial charge in [-0.1, -0.05) is 28.4 Å². The van der Waals surface area contributed by atoms with E-state index in [1.165, 1.54) is 11.8 Å². The molecule has 1 aromatic heterocycles. The number of hydrogen-bond donors (Lipinski definition) is 1. The molecule has 2 heterocycles. The van der Waals surface area contributed by atoms with Crippen molar-refractivity contribution in [2.24, 2.45) is 0 Å². The van der Waals surface area contributed by atoms with Crippen LogP contribution in [0.4, 0.5) is 0 Å². The summed E-state index contributed by atoms with van der Waals surface area (Å²) in [5, 5.41) is 8.78. The van der Waals surface area contributed by atoms with Gasteiger partial charge in [0.05, 0.1) is 16.8 Å². The molecule has 1 unspecified atom stereocenters. The van der Waals surface area contributed by atoms with Crippen molar-refractivity contribution < 1.29 is 4.52 Å². The van der Waals surface area contributed by atoms with Crippen LogP contribution in [0, 0.1) is 0 Å². The Morgan fingerprint density at radius 2 is 2.32 bits per heavy atom. The van der Waals surface area contributed by atoms with E-state index >= 15 is 0 Å². The highest BCUT2D eigenvalue weighted by molar-refractivity contribution is 7.98. The van der Waals surface area contributed by atoms with Gasteiger partial charge in [0, 0.05) is 29.6 Å². The lowest BCUT2D eigenvalue weighted by Gasteiger charge is -2.30. The fourth-order valence-corrected chi connectivity index (χ4v) is 3.61. The Bertz CT molecular complexity index is 652. The zero-order chi connectivity index (χ0) is 15.5. The predicted octanol–water partition coefficient (Wildman–Crippen LogP) is 3.24. The number of rotatable bonds is 4. The second-order valence-corrected chi connectivity index (χ2v) is 6.97. The van der Waals surface area contributed by atoms with Gasteiger partial charge in [-0.3, -0.25) is 4.90 Å². The van der Waals surface area contributed by atoms with Crippen molar-refractivity contribution in [1.82, 2.24) is 20.4 Å². The molecule has 22 heavy (non-hydrogen) atoms. The lowest BCUT2D eigenvalue weighted by Crippen LogP contribution is -2.44. The number of nitrogens with one attached hydrogen (secondary N) is 1. The number of halogens is 2. The summed E-state index contributed by atoms with van der Waals surface area (Å²) in [7, 11) is 2.07. The van der Waals surface area contributed by atoms with Crippen LogP contribution in [0.2, 0.25) is 10.0 Å². The van der Waals surface area contributed by atoms with Crippen LogP contribution in [-0.2, 0) is 5.75 Å². The molecule has 0 aliphatic carbocycles. The third-order valence-electron chi connectivity index (χ3n) is 3.54. The molecular weight excluding hydrogens is 343 g/mol. The van der Waals surface area contributed by atoms with Gasteiger partial charge in [0.15, 0.2) is 5.82 Å². The first kappa shape index (κ1) is 16.1. The zero-order valence-corrected chi connectivity index (χ0v) is 14.4. The molecular formula is C14H16Cl2N4OS. The summed E-state index contributed by atoms with van der Waals surface area (Å²) in [4.78, 5) is 7.63. The topological polar surface area (TPSA) is 54.2 Å². The van der Waals surface area contributed by atoms with Gasteiger partial charge in [-0.05, 0) is 25.2 Å². The zero-order valence-electron chi connectivity index (χ0n) is 12.1. The van der Waals surface area contributed by atoms with E-state index in [0.717, 1.165) is 30.4 Å². The van der Waals surface area contributed by atoms with Crippen molar-refractivity contribution in [1.29, 1.82) is 0 Å². The van der Waals surface area contributed by atoms with E-state index in [1.807, 2.05) is 6.07 Å². The van der Waals surface area contributed by atoms with Crippen LogP contribution in [0.3, 0.4) is 0 Å². The second kappa shape index (κ2) is 7.19. The van der Waals surface area contributed by atoms with Gasteiger partial charge in [-0.15, -0.1) is 11.8 Å². The number of hydrogen-bond acceptors (Lipinski definition) is 6. The van der Waals surface area contributed by atoms with Crippen LogP contribution in [-0.4, -0.2) is 41.7 Å². The Morgan fingerprint density at radius 3 is 3.14 bits per heavy atom. The fourth-order valence-electron chi connectivity index (χ4n) is 2.28. The molecule has 2 aromatic rings. The number of benzene rings is 1. The molecule has 0 radical (unpaired) electrons. The van der Waals surface area contributed by atoms with Gasteiger partial charge in [-0.25, -0.2) is 0 Å². The summed E-state index contributed by atoms with van der Waals surface area (Å²) in [6, 6.07) is 5.55. The minimum atomic E-state index is 0.158. The molecule has 118 valence electrons. The Hall–Kier alpha value is -0.790. The molecule has 0 amide bonds. The largest absolute Gasteiger partial charge is 0.338 e. The van der Waals surface area contributed by atoms with Gasteiger partial charge in [0.1, 0.15) is 0 Å². The van der Waals surface area contributed by atoms with E-state index in [4.69, 9.17) is 27.7 Å². The standard InChI is InChI=1S/C14H16Cl2N4OS/c1-20-5-4-17-7-11(20)14-18-13(21-19-14)8-22-12-6-9(15)2-3-10(12)16/h2-3,6,11,17H,4-5,7-8H2,1H3. The Morgan fingerprint density at radius 1 is 1.45 bits per heavy atom. The van der Waals surface area contributed by atoms with E-state index in [2.05, 4.69) is 27.4 Å². The smallest absolute Gasteiger partial charge is 0.237 e. The van der Waals surface area contributed by atoms with E-state index in [1.54, 1.807) is 12.1 Å². The quantitative estimate of drug-likeness (QED) is 0.846. The van der Waals surface area contributed by atoms with Crippen molar-refractivity contribution in [3.63, 3.8) is 0 Å². The van der Waals surface area contributed by atoms with Crippen molar-refractivity contribution in [3.8, 4) is 0 Å². The number of thioether (sulfide) groups is 1. The van der Waals surface area contributed by atoms with Crippen LogP contribution < -0.4 is 5.32 Å². The molecule has 1 saturated heterocycles. The minimum absolute atomic E-state index is 0.158. The van der Waals surface area contributed by atoms with E-state index in [9.17, 15) is 0 Å². The van der Waals surface area contributed by atoms with Crippen molar-refractivity contribution in [3.05, 3.63) is 40.0 Å². The molecule has 3 rings (SSSR count). The molecule has 0 spiro atoms. The Balaban J connectivity index is 1.65. The van der Waals surface area contributed by atoms with Crippen molar-refractivity contribution >= 4 is 35.0 Å². The predicted molar refractivity (Wildman–Crippen MR) is 88.6 cm³/mol. The van der Waals surface area contributed by atoms with Crippen molar-refractivity contribution in [2.45, 2.75) is 16.7 Å². The third-order valence-corrected chi connectivity index (χ3v) is 5.25. The average molecular weight is 359 g/mol. The molecule has 1 aromatic carbocycles. The second-order valence-electron chi connectivity index (χ2n) is 5.11.